The van der Waals surface area contributed by atoms with Gasteiger partial charge in [-0.1, -0.05) is 12.1 Å². The molecule has 0 aliphatic rings. The van der Waals surface area contributed by atoms with Gasteiger partial charge in [0.05, 0.1) is 6.61 Å². The second kappa shape index (κ2) is 7.89. The number of benzene rings is 1. The third-order valence-electron chi connectivity index (χ3n) is 2.82. The summed E-state index contributed by atoms with van der Waals surface area (Å²) in [7, 11) is 0. The van der Waals surface area contributed by atoms with Crippen molar-refractivity contribution in [2.75, 3.05) is 18.5 Å². The maximum Gasteiger partial charge on any atom is 0.319 e. The molecule has 1 heterocycles. The van der Waals surface area contributed by atoms with Crippen LogP contribution in [0, 0.1) is 0 Å². The molecular formula is C16H19N3O2. The zero-order chi connectivity index (χ0) is 14.9. The van der Waals surface area contributed by atoms with Crippen molar-refractivity contribution in [3.05, 3.63) is 54.4 Å². The second-order valence-electron chi connectivity index (χ2n) is 4.45. The molecule has 1 aromatic heterocycles. The van der Waals surface area contributed by atoms with E-state index in [1.165, 1.54) is 0 Å². The number of urea groups is 1. The third-order valence-corrected chi connectivity index (χ3v) is 2.82. The SMILES string of the molecule is CCOc1cccc(NC(=O)NCCc2cccnc2)c1. The third kappa shape index (κ3) is 5.14. The Labute approximate surface area is 124 Å². The summed E-state index contributed by atoms with van der Waals surface area (Å²) in [5, 5.41) is 5.59. The number of nitrogens with one attached hydrogen (secondary N) is 2. The van der Waals surface area contributed by atoms with Gasteiger partial charge in [0, 0.05) is 30.7 Å². The van der Waals surface area contributed by atoms with Crippen LogP contribution in [0.4, 0.5) is 10.5 Å². The number of hydrogen-bond donors (Lipinski definition) is 2. The average Bonchev–Trinajstić information content (AvgIpc) is 2.49. The molecule has 0 atom stereocenters. The lowest BCUT2D eigenvalue weighted by Crippen LogP contribution is -2.30. The molecular weight excluding hydrogens is 266 g/mol. The van der Waals surface area contributed by atoms with Gasteiger partial charge < -0.3 is 15.4 Å². The predicted molar refractivity (Wildman–Crippen MR) is 82.6 cm³/mol. The number of nitrogens with zero attached hydrogens (tertiary/aromatic N) is 1. The van der Waals surface area contributed by atoms with Crippen LogP contribution in [0.3, 0.4) is 0 Å². The number of carbonyl (C=O) groups excluding carboxylic acids is 1. The Morgan fingerprint density at radius 1 is 1.29 bits per heavy atom. The van der Waals surface area contributed by atoms with Crippen molar-refractivity contribution in [1.82, 2.24) is 10.3 Å². The summed E-state index contributed by atoms with van der Waals surface area (Å²) in [6.07, 6.45) is 4.28. The van der Waals surface area contributed by atoms with Crippen LogP contribution < -0.4 is 15.4 Å². The van der Waals surface area contributed by atoms with E-state index in [-0.39, 0.29) is 6.03 Å². The number of anilines is 1. The van der Waals surface area contributed by atoms with Crippen LogP contribution in [0.1, 0.15) is 12.5 Å². The monoisotopic (exact) mass is 285 g/mol. The van der Waals surface area contributed by atoms with Gasteiger partial charge in [-0.2, -0.15) is 0 Å². The fourth-order valence-corrected chi connectivity index (χ4v) is 1.87. The Hall–Kier alpha value is -2.56. The topological polar surface area (TPSA) is 63.2 Å². The van der Waals surface area contributed by atoms with Crippen molar-refractivity contribution in [3.63, 3.8) is 0 Å². The van der Waals surface area contributed by atoms with Gasteiger partial charge in [-0.05, 0) is 37.1 Å². The minimum absolute atomic E-state index is 0.229. The molecule has 2 rings (SSSR count). The van der Waals surface area contributed by atoms with Gasteiger partial charge in [0.1, 0.15) is 5.75 Å². The van der Waals surface area contributed by atoms with Crippen LogP contribution in [0.15, 0.2) is 48.8 Å². The standard InChI is InChI=1S/C16H19N3O2/c1-2-21-15-7-3-6-14(11-15)19-16(20)18-10-8-13-5-4-9-17-12-13/h3-7,9,11-12H,2,8,10H2,1H3,(H2,18,19,20). The molecule has 0 radical (unpaired) electrons. The molecule has 0 saturated carbocycles. The van der Waals surface area contributed by atoms with E-state index in [0.717, 1.165) is 17.7 Å². The van der Waals surface area contributed by atoms with Gasteiger partial charge in [0.2, 0.25) is 0 Å². The number of amides is 2. The maximum atomic E-state index is 11.8. The fourth-order valence-electron chi connectivity index (χ4n) is 1.87. The fraction of sp³-hybridized carbons (Fsp3) is 0.250. The van der Waals surface area contributed by atoms with E-state index in [0.29, 0.717) is 18.8 Å². The zero-order valence-electron chi connectivity index (χ0n) is 12.0. The summed E-state index contributed by atoms with van der Waals surface area (Å²) in [4.78, 5) is 15.8. The van der Waals surface area contributed by atoms with Crippen molar-refractivity contribution < 1.29 is 9.53 Å². The van der Waals surface area contributed by atoms with Gasteiger partial charge in [-0.15, -0.1) is 0 Å². The first-order chi connectivity index (χ1) is 10.3. The first-order valence-corrected chi connectivity index (χ1v) is 6.94. The Kier molecular flexibility index (Phi) is 5.58. The molecule has 0 aliphatic carbocycles. The average molecular weight is 285 g/mol. The minimum atomic E-state index is -0.229. The van der Waals surface area contributed by atoms with Crippen molar-refractivity contribution in [1.29, 1.82) is 0 Å². The summed E-state index contributed by atoms with van der Waals surface area (Å²) in [6.45, 7) is 3.08. The highest BCUT2D eigenvalue weighted by Crippen LogP contribution is 2.16. The molecule has 0 spiro atoms. The van der Waals surface area contributed by atoms with E-state index in [1.54, 1.807) is 18.5 Å². The first-order valence-electron chi connectivity index (χ1n) is 6.94. The summed E-state index contributed by atoms with van der Waals surface area (Å²) >= 11 is 0. The van der Waals surface area contributed by atoms with Crippen molar-refractivity contribution in [2.24, 2.45) is 0 Å². The summed E-state index contributed by atoms with van der Waals surface area (Å²) in [5.74, 6) is 0.741. The Morgan fingerprint density at radius 2 is 2.19 bits per heavy atom. The van der Waals surface area contributed by atoms with Crippen LogP contribution in [0.2, 0.25) is 0 Å². The molecule has 21 heavy (non-hydrogen) atoms. The molecule has 0 fully saturated rings. The highest BCUT2D eigenvalue weighted by Gasteiger charge is 2.02. The number of carbonyl (C=O) groups is 1. The number of rotatable bonds is 6. The quantitative estimate of drug-likeness (QED) is 0.858. The molecule has 2 N–H and O–H groups in total. The van der Waals surface area contributed by atoms with Crippen molar-refractivity contribution in [2.45, 2.75) is 13.3 Å². The van der Waals surface area contributed by atoms with Crippen LogP contribution in [-0.2, 0) is 6.42 Å². The lowest BCUT2D eigenvalue weighted by molar-refractivity contribution is 0.252. The summed E-state index contributed by atoms with van der Waals surface area (Å²) in [5.41, 5.74) is 1.80. The van der Waals surface area contributed by atoms with Gasteiger partial charge in [0.15, 0.2) is 0 Å². The van der Waals surface area contributed by atoms with Crippen molar-refractivity contribution >= 4 is 11.7 Å². The van der Waals surface area contributed by atoms with E-state index in [4.69, 9.17) is 4.74 Å². The lowest BCUT2D eigenvalue weighted by atomic mass is 10.2. The van der Waals surface area contributed by atoms with Crippen LogP contribution in [-0.4, -0.2) is 24.2 Å². The van der Waals surface area contributed by atoms with E-state index >= 15 is 0 Å². The highest BCUT2D eigenvalue weighted by molar-refractivity contribution is 5.89. The zero-order valence-corrected chi connectivity index (χ0v) is 12.0. The highest BCUT2D eigenvalue weighted by atomic mass is 16.5. The minimum Gasteiger partial charge on any atom is -0.494 e. The van der Waals surface area contributed by atoms with Crippen LogP contribution in [0.5, 0.6) is 5.75 Å². The Bertz CT molecular complexity index is 573. The molecule has 2 aromatic rings. The van der Waals surface area contributed by atoms with E-state index in [1.807, 2.05) is 37.3 Å². The van der Waals surface area contributed by atoms with Gasteiger partial charge in [-0.3, -0.25) is 4.98 Å². The molecule has 5 nitrogen and oxygen atoms in total. The van der Waals surface area contributed by atoms with Gasteiger partial charge in [-0.25, -0.2) is 4.79 Å². The van der Waals surface area contributed by atoms with Gasteiger partial charge >= 0.3 is 6.03 Å². The molecule has 0 saturated heterocycles. The number of pyridine rings is 1. The van der Waals surface area contributed by atoms with E-state index in [9.17, 15) is 4.79 Å². The predicted octanol–water partition coefficient (Wildman–Crippen LogP) is 2.84. The molecule has 0 aliphatic heterocycles. The Balaban J connectivity index is 1.78. The van der Waals surface area contributed by atoms with E-state index < -0.39 is 0 Å². The second-order valence-corrected chi connectivity index (χ2v) is 4.45. The first kappa shape index (κ1) is 14.8. The molecule has 2 amide bonds. The lowest BCUT2D eigenvalue weighted by Gasteiger charge is -2.09. The van der Waals surface area contributed by atoms with Crippen LogP contribution in [0.25, 0.3) is 0 Å². The normalized spacial score (nSPS) is 9.95. The molecule has 5 heteroatoms. The largest absolute Gasteiger partial charge is 0.494 e. The number of hydrogen-bond acceptors (Lipinski definition) is 3. The molecule has 0 bridgehead atoms. The van der Waals surface area contributed by atoms with Crippen LogP contribution >= 0.6 is 0 Å². The Morgan fingerprint density at radius 3 is 2.95 bits per heavy atom. The summed E-state index contributed by atoms with van der Waals surface area (Å²) in [6, 6.07) is 11.0. The smallest absolute Gasteiger partial charge is 0.319 e. The molecule has 0 unspecified atom stereocenters. The van der Waals surface area contributed by atoms with Gasteiger partial charge in [0.25, 0.3) is 0 Å². The van der Waals surface area contributed by atoms with Crippen molar-refractivity contribution in [3.8, 4) is 5.75 Å². The molecule has 1 aromatic carbocycles. The number of ether oxygens (including phenoxy) is 1. The number of aromatic nitrogens is 1. The van der Waals surface area contributed by atoms with E-state index in [2.05, 4.69) is 15.6 Å². The summed E-state index contributed by atoms with van der Waals surface area (Å²) < 4.78 is 5.39. The maximum absolute atomic E-state index is 11.8. The molecule has 110 valence electrons.